The van der Waals surface area contributed by atoms with Gasteiger partial charge in [0.25, 0.3) is 0 Å². The Hall–Kier alpha value is -0.0800. The van der Waals surface area contributed by atoms with Gasteiger partial charge in [-0.05, 0) is 39.1 Å². The Labute approximate surface area is 72.5 Å². The van der Waals surface area contributed by atoms with Gasteiger partial charge < -0.3 is 10.2 Å². The Bertz CT molecular complexity index is 74.9. The molecule has 0 saturated heterocycles. The third kappa shape index (κ3) is 6.32. The van der Waals surface area contributed by atoms with Crippen LogP contribution in [-0.4, -0.2) is 37.6 Å². The molecule has 2 heteroatoms. The first-order valence-corrected chi connectivity index (χ1v) is 4.78. The third-order valence-electron chi connectivity index (χ3n) is 1.97. The van der Waals surface area contributed by atoms with Crippen LogP contribution in [0.3, 0.4) is 0 Å². The van der Waals surface area contributed by atoms with Crippen molar-refractivity contribution in [1.82, 2.24) is 10.2 Å². The summed E-state index contributed by atoms with van der Waals surface area (Å²) in [6.45, 7) is 12.4. The van der Waals surface area contributed by atoms with Crippen molar-refractivity contribution in [2.45, 2.75) is 27.2 Å². The molecule has 0 heterocycles. The molecule has 0 aliphatic carbocycles. The molecular weight excluding hydrogens is 136 g/mol. The van der Waals surface area contributed by atoms with Crippen molar-refractivity contribution in [2.24, 2.45) is 0 Å². The predicted octanol–water partition coefficient (Wildman–Crippen LogP) is 1.57. The van der Waals surface area contributed by atoms with Crippen LogP contribution in [0.1, 0.15) is 28.6 Å². The molecule has 11 heavy (non-hydrogen) atoms. The third-order valence-corrected chi connectivity index (χ3v) is 1.97. The fourth-order valence-electron chi connectivity index (χ4n) is 1.14. The van der Waals surface area contributed by atoms with E-state index in [0.717, 1.165) is 13.1 Å². The normalized spacial score (nSPS) is 10.9. The molecule has 0 unspecified atom stereocenters. The lowest BCUT2D eigenvalue weighted by Gasteiger charge is -2.17. The maximum atomic E-state index is 3.33. The van der Waals surface area contributed by atoms with E-state index >= 15 is 0 Å². The molecule has 0 fully saturated rings. The van der Waals surface area contributed by atoms with Crippen molar-refractivity contribution in [1.29, 1.82) is 0 Å². The van der Waals surface area contributed by atoms with Crippen molar-refractivity contribution in [2.75, 3.05) is 32.7 Å². The van der Waals surface area contributed by atoms with Crippen molar-refractivity contribution in [3.05, 3.63) is 0 Å². The second-order valence-electron chi connectivity index (χ2n) is 2.73. The standard InChI is InChI=1S/C9H22N2.H2/c1-4-10-8-7-9-11(5-2)6-3;/h10H,4-9H2,1-3H3;1H. The van der Waals surface area contributed by atoms with Gasteiger partial charge in [0.15, 0.2) is 0 Å². The van der Waals surface area contributed by atoms with E-state index in [4.69, 9.17) is 0 Å². The number of hydrogen-bond donors (Lipinski definition) is 1. The minimum atomic E-state index is 0. The highest BCUT2D eigenvalue weighted by atomic mass is 15.1. The van der Waals surface area contributed by atoms with Gasteiger partial charge in [-0.25, -0.2) is 0 Å². The maximum Gasteiger partial charge on any atom is 0 e. The van der Waals surface area contributed by atoms with E-state index < -0.39 is 0 Å². The highest BCUT2D eigenvalue weighted by molar-refractivity contribution is 4.53. The zero-order valence-electron chi connectivity index (χ0n) is 8.19. The van der Waals surface area contributed by atoms with Gasteiger partial charge >= 0.3 is 0 Å². The molecule has 0 atom stereocenters. The number of nitrogens with zero attached hydrogens (tertiary/aromatic N) is 1. The largest absolute Gasteiger partial charge is 0.317 e. The molecule has 0 rings (SSSR count). The van der Waals surface area contributed by atoms with E-state index in [2.05, 4.69) is 31.0 Å². The summed E-state index contributed by atoms with van der Waals surface area (Å²) in [7, 11) is 0. The minimum absolute atomic E-state index is 0. The van der Waals surface area contributed by atoms with Gasteiger partial charge in [0, 0.05) is 1.43 Å². The summed E-state index contributed by atoms with van der Waals surface area (Å²) >= 11 is 0. The van der Waals surface area contributed by atoms with Gasteiger partial charge in [0.05, 0.1) is 0 Å². The topological polar surface area (TPSA) is 15.3 Å². The molecular formula is C9H24N2. The zero-order valence-corrected chi connectivity index (χ0v) is 8.19. The zero-order chi connectivity index (χ0) is 8.53. The van der Waals surface area contributed by atoms with Crippen LogP contribution in [0, 0.1) is 0 Å². The van der Waals surface area contributed by atoms with E-state index in [1.807, 2.05) is 0 Å². The van der Waals surface area contributed by atoms with Crippen molar-refractivity contribution in [3.63, 3.8) is 0 Å². The van der Waals surface area contributed by atoms with Crippen LogP contribution in [-0.2, 0) is 0 Å². The van der Waals surface area contributed by atoms with Crippen LogP contribution in [0.2, 0.25) is 0 Å². The lowest BCUT2D eigenvalue weighted by Crippen LogP contribution is -2.27. The Morgan fingerprint density at radius 1 is 1.18 bits per heavy atom. The van der Waals surface area contributed by atoms with Crippen LogP contribution in [0.5, 0.6) is 0 Å². The molecule has 0 radical (unpaired) electrons. The smallest absolute Gasteiger partial charge is 0 e. The second kappa shape index (κ2) is 8.02. The first-order chi connectivity index (χ1) is 5.35. The second-order valence-corrected chi connectivity index (χ2v) is 2.73. The molecule has 0 aliphatic heterocycles. The van der Waals surface area contributed by atoms with Gasteiger partial charge in [0.1, 0.15) is 0 Å². The van der Waals surface area contributed by atoms with Crippen LogP contribution in [0.4, 0.5) is 0 Å². The Morgan fingerprint density at radius 3 is 2.27 bits per heavy atom. The summed E-state index contributed by atoms with van der Waals surface area (Å²) in [5.41, 5.74) is 0. The highest BCUT2D eigenvalue weighted by Gasteiger charge is 1.96. The SMILES string of the molecule is CCNCCCN(CC)CC.[HH]. The Kier molecular flexibility index (Phi) is 7.96. The molecule has 0 aromatic heterocycles. The Balaban J connectivity index is 0. The van der Waals surface area contributed by atoms with Crippen LogP contribution in [0.15, 0.2) is 0 Å². The molecule has 0 spiro atoms. The minimum Gasteiger partial charge on any atom is -0.317 e. The molecule has 0 saturated carbocycles. The summed E-state index contributed by atoms with van der Waals surface area (Å²) in [6.07, 6.45) is 1.27. The summed E-state index contributed by atoms with van der Waals surface area (Å²) < 4.78 is 0. The maximum absolute atomic E-state index is 3.33. The van der Waals surface area contributed by atoms with E-state index in [-0.39, 0.29) is 1.43 Å². The average molecular weight is 160 g/mol. The molecule has 0 amide bonds. The first-order valence-electron chi connectivity index (χ1n) is 4.78. The van der Waals surface area contributed by atoms with Gasteiger partial charge in [0.2, 0.25) is 0 Å². The van der Waals surface area contributed by atoms with Crippen LogP contribution in [0.25, 0.3) is 0 Å². The molecule has 0 bridgehead atoms. The summed E-state index contributed by atoms with van der Waals surface area (Å²) in [5, 5.41) is 3.33. The van der Waals surface area contributed by atoms with E-state index in [9.17, 15) is 0 Å². The monoisotopic (exact) mass is 160 g/mol. The highest BCUT2D eigenvalue weighted by Crippen LogP contribution is 1.88. The number of nitrogens with one attached hydrogen (secondary N) is 1. The lowest BCUT2D eigenvalue weighted by atomic mass is 10.3. The summed E-state index contributed by atoms with van der Waals surface area (Å²) in [4.78, 5) is 2.46. The lowest BCUT2D eigenvalue weighted by molar-refractivity contribution is 0.298. The van der Waals surface area contributed by atoms with E-state index in [1.165, 1.54) is 26.1 Å². The van der Waals surface area contributed by atoms with E-state index in [1.54, 1.807) is 0 Å². The number of hydrogen-bond acceptors (Lipinski definition) is 2. The summed E-state index contributed by atoms with van der Waals surface area (Å²) in [5.74, 6) is 0. The molecule has 0 aliphatic rings. The van der Waals surface area contributed by atoms with Crippen LogP contribution < -0.4 is 5.32 Å². The fourth-order valence-corrected chi connectivity index (χ4v) is 1.14. The number of rotatable bonds is 7. The molecule has 1 N–H and O–H groups in total. The van der Waals surface area contributed by atoms with E-state index in [0.29, 0.717) is 0 Å². The van der Waals surface area contributed by atoms with Gasteiger partial charge in [-0.3, -0.25) is 0 Å². The van der Waals surface area contributed by atoms with Gasteiger partial charge in [-0.1, -0.05) is 20.8 Å². The van der Waals surface area contributed by atoms with Crippen molar-refractivity contribution in [3.8, 4) is 0 Å². The first kappa shape index (κ1) is 10.9. The molecule has 70 valence electrons. The predicted molar refractivity (Wildman–Crippen MR) is 53.1 cm³/mol. The molecule has 0 aromatic carbocycles. The fraction of sp³-hybridized carbons (Fsp3) is 1.00. The average Bonchev–Trinajstić information content (AvgIpc) is 2.05. The molecule has 2 nitrogen and oxygen atoms in total. The quantitative estimate of drug-likeness (QED) is 0.569. The summed E-state index contributed by atoms with van der Waals surface area (Å²) in [6, 6.07) is 0. The van der Waals surface area contributed by atoms with Crippen molar-refractivity contribution < 1.29 is 1.43 Å². The van der Waals surface area contributed by atoms with Gasteiger partial charge in [-0.2, -0.15) is 0 Å². The Morgan fingerprint density at radius 2 is 1.82 bits per heavy atom. The van der Waals surface area contributed by atoms with Gasteiger partial charge in [-0.15, -0.1) is 0 Å². The molecule has 0 aromatic rings. The van der Waals surface area contributed by atoms with Crippen LogP contribution >= 0.6 is 0 Å². The van der Waals surface area contributed by atoms with Crippen molar-refractivity contribution >= 4 is 0 Å².